The van der Waals surface area contributed by atoms with Crippen molar-refractivity contribution >= 4 is 11.6 Å². The van der Waals surface area contributed by atoms with Gasteiger partial charge in [-0.25, -0.2) is 0 Å². The monoisotopic (exact) mass is 289 g/mol. The first kappa shape index (κ1) is 16.0. The third-order valence-corrected chi connectivity index (χ3v) is 4.42. The van der Waals surface area contributed by atoms with E-state index < -0.39 is 0 Å². The van der Waals surface area contributed by atoms with Crippen LogP contribution in [0, 0.1) is 0 Å². The summed E-state index contributed by atoms with van der Waals surface area (Å²) in [5.74, 6) is 0.0768. The van der Waals surface area contributed by atoms with Gasteiger partial charge >= 0.3 is 0 Å². The highest BCUT2D eigenvalue weighted by molar-refractivity contribution is 5.91. The van der Waals surface area contributed by atoms with Crippen LogP contribution in [0.25, 0.3) is 0 Å². The average Bonchev–Trinajstić information content (AvgIpc) is 2.78. The lowest BCUT2D eigenvalue weighted by atomic mass is 10.0. The lowest BCUT2D eigenvalue weighted by Crippen LogP contribution is -2.38. The Kier molecular flexibility index (Phi) is 5.37. The molecule has 0 bridgehead atoms. The van der Waals surface area contributed by atoms with Crippen molar-refractivity contribution in [3.05, 3.63) is 29.8 Å². The number of carbonyl (C=O) groups excluding carboxylic acids is 1. The summed E-state index contributed by atoms with van der Waals surface area (Å²) in [6, 6.07) is 7.71. The van der Waals surface area contributed by atoms with Gasteiger partial charge in [-0.3, -0.25) is 9.69 Å². The predicted octanol–water partition coefficient (Wildman–Crippen LogP) is 2.74. The van der Waals surface area contributed by atoms with Crippen molar-refractivity contribution in [2.75, 3.05) is 18.4 Å². The number of para-hydroxylation sites is 1. The van der Waals surface area contributed by atoms with Crippen LogP contribution >= 0.6 is 0 Å². The van der Waals surface area contributed by atoms with Crippen LogP contribution in [0.4, 0.5) is 5.69 Å². The topological polar surface area (TPSA) is 58.4 Å². The van der Waals surface area contributed by atoms with Gasteiger partial charge in [0.2, 0.25) is 5.91 Å². The minimum atomic E-state index is 0.0768. The van der Waals surface area contributed by atoms with E-state index in [0.717, 1.165) is 30.8 Å². The predicted molar refractivity (Wildman–Crippen MR) is 87.1 cm³/mol. The summed E-state index contributed by atoms with van der Waals surface area (Å²) in [5.41, 5.74) is 7.79. The number of rotatable bonds is 6. The van der Waals surface area contributed by atoms with Gasteiger partial charge in [0, 0.05) is 24.2 Å². The Balaban J connectivity index is 1.77. The number of amides is 1. The van der Waals surface area contributed by atoms with E-state index in [2.05, 4.69) is 24.1 Å². The molecule has 1 amide bonds. The first-order valence-electron chi connectivity index (χ1n) is 7.86. The standard InChI is InChI=1S/C17H27N3O/c1-17(2)10-6-12-20(17)11-5-9-16(21)19-15-8-4-3-7-14(15)13-18/h3-4,7-8H,5-6,9-13,18H2,1-2H3,(H,19,21). The third-order valence-electron chi connectivity index (χ3n) is 4.42. The van der Waals surface area contributed by atoms with E-state index in [1.54, 1.807) is 0 Å². The highest BCUT2D eigenvalue weighted by Crippen LogP contribution is 2.28. The second-order valence-electron chi connectivity index (χ2n) is 6.42. The zero-order chi connectivity index (χ0) is 15.3. The van der Waals surface area contributed by atoms with Gasteiger partial charge < -0.3 is 11.1 Å². The molecule has 1 aliphatic rings. The Morgan fingerprint density at radius 3 is 2.81 bits per heavy atom. The molecule has 1 saturated heterocycles. The number of nitrogens with one attached hydrogen (secondary N) is 1. The van der Waals surface area contributed by atoms with E-state index in [-0.39, 0.29) is 5.91 Å². The second kappa shape index (κ2) is 7.05. The maximum Gasteiger partial charge on any atom is 0.224 e. The summed E-state index contributed by atoms with van der Waals surface area (Å²) in [5, 5.41) is 2.97. The third kappa shape index (κ3) is 4.29. The summed E-state index contributed by atoms with van der Waals surface area (Å²) in [6.07, 6.45) is 3.98. The fourth-order valence-electron chi connectivity index (χ4n) is 3.04. The molecule has 0 saturated carbocycles. The van der Waals surface area contributed by atoms with Gasteiger partial charge in [0.25, 0.3) is 0 Å². The number of anilines is 1. The summed E-state index contributed by atoms with van der Waals surface area (Å²) >= 11 is 0. The molecule has 1 aliphatic heterocycles. The number of carbonyl (C=O) groups is 1. The zero-order valence-electron chi connectivity index (χ0n) is 13.2. The molecule has 0 aliphatic carbocycles. The lowest BCUT2D eigenvalue weighted by Gasteiger charge is -2.31. The summed E-state index contributed by atoms with van der Waals surface area (Å²) in [4.78, 5) is 14.5. The molecule has 1 fully saturated rings. The van der Waals surface area contributed by atoms with Crippen molar-refractivity contribution in [2.24, 2.45) is 5.73 Å². The zero-order valence-corrected chi connectivity index (χ0v) is 13.2. The van der Waals surface area contributed by atoms with Crippen LogP contribution in [0.2, 0.25) is 0 Å². The van der Waals surface area contributed by atoms with Gasteiger partial charge in [-0.05, 0) is 57.8 Å². The molecule has 116 valence electrons. The fourth-order valence-corrected chi connectivity index (χ4v) is 3.04. The van der Waals surface area contributed by atoms with Crippen molar-refractivity contribution in [3.8, 4) is 0 Å². The Hall–Kier alpha value is -1.39. The Bertz CT molecular complexity index is 485. The molecule has 0 atom stereocenters. The number of benzene rings is 1. The van der Waals surface area contributed by atoms with E-state index in [9.17, 15) is 4.79 Å². The molecule has 4 heteroatoms. The molecule has 1 heterocycles. The minimum absolute atomic E-state index is 0.0768. The van der Waals surface area contributed by atoms with Crippen molar-refractivity contribution in [3.63, 3.8) is 0 Å². The Morgan fingerprint density at radius 1 is 1.38 bits per heavy atom. The molecule has 21 heavy (non-hydrogen) atoms. The largest absolute Gasteiger partial charge is 0.326 e. The molecule has 2 rings (SSSR count). The first-order valence-corrected chi connectivity index (χ1v) is 7.86. The number of nitrogens with zero attached hydrogens (tertiary/aromatic N) is 1. The van der Waals surface area contributed by atoms with Crippen molar-refractivity contribution < 1.29 is 4.79 Å². The van der Waals surface area contributed by atoms with E-state index in [0.29, 0.717) is 18.5 Å². The second-order valence-corrected chi connectivity index (χ2v) is 6.42. The summed E-state index contributed by atoms with van der Waals surface area (Å²) < 4.78 is 0. The lowest BCUT2D eigenvalue weighted by molar-refractivity contribution is -0.116. The molecule has 1 aromatic carbocycles. The van der Waals surface area contributed by atoms with Gasteiger partial charge in [0.15, 0.2) is 0 Å². The number of hydrogen-bond acceptors (Lipinski definition) is 3. The maximum absolute atomic E-state index is 12.0. The minimum Gasteiger partial charge on any atom is -0.326 e. The molecule has 3 N–H and O–H groups in total. The average molecular weight is 289 g/mol. The van der Waals surface area contributed by atoms with Crippen LogP contribution in [0.15, 0.2) is 24.3 Å². The fraction of sp³-hybridized carbons (Fsp3) is 0.588. The first-order chi connectivity index (χ1) is 10.0. The number of likely N-dealkylation sites (tertiary alicyclic amines) is 1. The number of nitrogens with two attached hydrogens (primary N) is 1. The van der Waals surface area contributed by atoms with E-state index in [1.165, 1.54) is 12.8 Å². The van der Waals surface area contributed by atoms with E-state index in [1.807, 2.05) is 24.3 Å². The van der Waals surface area contributed by atoms with Gasteiger partial charge in [-0.1, -0.05) is 18.2 Å². The van der Waals surface area contributed by atoms with Crippen LogP contribution in [-0.2, 0) is 11.3 Å². The van der Waals surface area contributed by atoms with Crippen LogP contribution in [-0.4, -0.2) is 29.4 Å². The van der Waals surface area contributed by atoms with E-state index in [4.69, 9.17) is 5.73 Å². The van der Waals surface area contributed by atoms with Crippen LogP contribution in [0.5, 0.6) is 0 Å². The van der Waals surface area contributed by atoms with Gasteiger partial charge in [0.05, 0.1) is 0 Å². The van der Waals surface area contributed by atoms with Crippen molar-refractivity contribution in [1.29, 1.82) is 0 Å². The molecule has 1 aromatic rings. The van der Waals surface area contributed by atoms with Gasteiger partial charge in [-0.15, -0.1) is 0 Å². The van der Waals surface area contributed by atoms with Gasteiger partial charge in [-0.2, -0.15) is 0 Å². The molecule has 4 nitrogen and oxygen atoms in total. The maximum atomic E-state index is 12.0. The smallest absolute Gasteiger partial charge is 0.224 e. The normalized spacial score (nSPS) is 17.9. The van der Waals surface area contributed by atoms with Crippen LogP contribution < -0.4 is 11.1 Å². The van der Waals surface area contributed by atoms with Crippen LogP contribution in [0.1, 0.15) is 45.1 Å². The molecule has 0 spiro atoms. The summed E-state index contributed by atoms with van der Waals surface area (Å²) in [6.45, 7) is 7.18. The Morgan fingerprint density at radius 2 is 2.14 bits per heavy atom. The molecule has 0 unspecified atom stereocenters. The highest BCUT2D eigenvalue weighted by atomic mass is 16.1. The molecular weight excluding hydrogens is 262 g/mol. The van der Waals surface area contributed by atoms with E-state index >= 15 is 0 Å². The molecule has 0 radical (unpaired) electrons. The van der Waals surface area contributed by atoms with Crippen molar-refractivity contribution in [2.45, 2.75) is 51.6 Å². The quantitative estimate of drug-likeness (QED) is 0.846. The Labute approximate surface area is 127 Å². The number of hydrogen-bond donors (Lipinski definition) is 2. The molecule has 0 aromatic heterocycles. The van der Waals surface area contributed by atoms with Crippen LogP contribution in [0.3, 0.4) is 0 Å². The molecular formula is C17H27N3O. The highest BCUT2D eigenvalue weighted by Gasteiger charge is 2.31. The van der Waals surface area contributed by atoms with Crippen molar-refractivity contribution in [1.82, 2.24) is 4.90 Å². The summed E-state index contributed by atoms with van der Waals surface area (Å²) in [7, 11) is 0. The SMILES string of the molecule is CC1(C)CCCN1CCCC(=O)Nc1ccccc1CN. The van der Waals surface area contributed by atoms with Gasteiger partial charge in [0.1, 0.15) is 0 Å².